The molecule has 0 unspecified atom stereocenters. The van der Waals surface area contributed by atoms with Crippen molar-refractivity contribution >= 4 is 11.6 Å². The molecule has 0 aliphatic carbocycles. The van der Waals surface area contributed by atoms with E-state index in [9.17, 15) is 18.4 Å². The molecule has 0 amide bonds. The molecule has 0 radical (unpaired) electrons. The Morgan fingerprint density at radius 2 is 1.83 bits per heavy atom. The Labute approximate surface area is 138 Å². The van der Waals surface area contributed by atoms with Gasteiger partial charge < -0.3 is 4.74 Å². The molecule has 6 heteroatoms. The third-order valence-electron chi connectivity index (χ3n) is 3.05. The minimum absolute atomic E-state index is 0.0532. The molecule has 0 bridgehead atoms. The number of pyridine rings is 1. The molecule has 124 valence electrons. The van der Waals surface area contributed by atoms with Crippen LogP contribution >= 0.6 is 0 Å². The molecule has 2 rings (SSSR count). The molecule has 0 aliphatic heterocycles. The first-order valence-corrected chi connectivity index (χ1v) is 7.21. The van der Waals surface area contributed by atoms with Crippen LogP contribution in [0.1, 0.15) is 30.7 Å². The summed E-state index contributed by atoms with van der Waals surface area (Å²) in [5.74, 6) is 0.702. The summed E-state index contributed by atoms with van der Waals surface area (Å²) in [5.41, 5.74) is 0.248. The van der Waals surface area contributed by atoms with Crippen molar-refractivity contribution in [3.63, 3.8) is 0 Å². The number of rotatable bonds is 4. The highest BCUT2D eigenvalue weighted by Crippen LogP contribution is 2.29. The number of benzene rings is 1. The smallest absolute Gasteiger partial charge is 0.417 e. The number of ether oxygens (including phenoxy) is 1. The lowest BCUT2D eigenvalue weighted by Crippen LogP contribution is -2.05. The van der Waals surface area contributed by atoms with E-state index in [1.165, 1.54) is 6.07 Å². The van der Waals surface area contributed by atoms with E-state index in [1.54, 1.807) is 30.3 Å². The first-order valence-electron chi connectivity index (χ1n) is 7.21. The molecule has 3 nitrogen and oxygen atoms in total. The maximum absolute atomic E-state index is 12.5. The van der Waals surface area contributed by atoms with Gasteiger partial charge in [0.05, 0.1) is 22.9 Å². The van der Waals surface area contributed by atoms with Gasteiger partial charge in [-0.15, -0.1) is 0 Å². The molecule has 0 N–H and O–H groups in total. The van der Waals surface area contributed by atoms with E-state index in [4.69, 9.17) is 4.74 Å². The van der Waals surface area contributed by atoms with Crippen molar-refractivity contribution in [2.45, 2.75) is 26.1 Å². The van der Waals surface area contributed by atoms with Gasteiger partial charge in [0.25, 0.3) is 0 Å². The molecule has 0 spiro atoms. The summed E-state index contributed by atoms with van der Waals surface area (Å²) in [6.07, 6.45) is -2.11. The largest absolute Gasteiger partial charge is 0.491 e. The summed E-state index contributed by atoms with van der Waals surface area (Å²) in [7, 11) is 0. The molecule has 1 aromatic heterocycles. The maximum Gasteiger partial charge on any atom is 0.417 e. The molecular formula is C18H15F3N2O. The molecule has 0 saturated carbocycles. The minimum Gasteiger partial charge on any atom is -0.491 e. The first-order chi connectivity index (χ1) is 11.3. The molecular weight excluding hydrogens is 317 g/mol. The second kappa shape index (κ2) is 7.18. The second-order valence-corrected chi connectivity index (χ2v) is 5.34. The number of allylic oxidation sites excluding steroid dienone is 1. The van der Waals surface area contributed by atoms with Crippen LogP contribution in [0.3, 0.4) is 0 Å². The monoisotopic (exact) mass is 332 g/mol. The number of halogens is 3. The van der Waals surface area contributed by atoms with Crippen LogP contribution in [-0.4, -0.2) is 11.1 Å². The Balaban J connectivity index is 2.24. The molecule has 0 saturated heterocycles. The van der Waals surface area contributed by atoms with E-state index < -0.39 is 11.7 Å². The lowest BCUT2D eigenvalue weighted by atomic mass is 10.1. The second-order valence-electron chi connectivity index (χ2n) is 5.34. The van der Waals surface area contributed by atoms with Crippen LogP contribution in [0.2, 0.25) is 0 Å². The number of nitriles is 1. The van der Waals surface area contributed by atoms with Crippen molar-refractivity contribution in [1.29, 1.82) is 5.26 Å². The Kier molecular flexibility index (Phi) is 5.24. The van der Waals surface area contributed by atoms with E-state index in [0.29, 0.717) is 5.75 Å². The third-order valence-corrected chi connectivity index (χ3v) is 3.05. The number of hydrogen-bond acceptors (Lipinski definition) is 3. The highest BCUT2D eigenvalue weighted by Gasteiger charge is 2.30. The predicted molar refractivity (Wildman–Crippen MR) is 84.9 cm³/mol. The third kappa shape index (κ3) is 4.59. The number of nitrogens with zero attached hydrogens (tertiary/aromatic N) is 2. The minimum atomic E-state index is -4.45. The van der Waals surface area contributed by atoms with E-state index in [1.807, 2.05) is 19.9 Å². The first kappa shape index (κ1) is 17.5. The summed E-state index contributed by atoms with van der Waals surface area (Å²) in [5, 5.41) is 9.24. The standard InChI is InChI=1S/C18H15F3N2O/c1-12(2)24-16-6-3-13(4-7-16)9-14(10-22)17-8-5-15(11-23-17)18(19,20)21/h3-9,11-12H,1-2H3. The van der Waals surface area contributed by atoms with E-state index >= 15 is 0 Å². The average molecular weight is 332 g/mol. The van der Waals surface area contributed by atoms with Gasteiger partial charge in [-0.2, -0.15) is 18.4 Å². The lowest BCUT2D eigenvalue weighted by molar-refractivity contribution is -0.137. The molecule has 0 atom stereocenters. The van der Waals surface area contributed by atoms with Crippen LogP contribution in [0.25, 0.3) is 11.6 Å². The van der Waals surface area contributed by atoms with Gasteiger partial charge in [-0.25, -0.2) is 0 Å². The summed E-state index contributed by atoms with van der Waals surface area (Å²) in [4.78, 5) is 3.73. The molecule has 1 heterocycles. The molecule has 0 aliphatic rings. The van der Waals surface area contributed by atoms with Crippen LogP contribution in [0.5, 0.6) is 5.75 Å². The highest BCUT2D eigenvalue weighted by atomic mass is 19.4. The zero-order chi connectivity index (χ0) is 17.7. The summed E-state index contributed by atoms with van der Waals surface area (Å²) in [6.45, 7) is 3.83. The van der Waals surface area contributed by atoms with Gasteiger partial charge in [0, 0.05) is 6.20 Å². The van der Waals surface area contributed by atoms with Gasteiger partial charge in [0.1, 0.15) is 11.8 Å². The zero-order valence-corrected chi connectivity index (χ0v) is 13.1. The number of aromatic nitrogens is 1. The van der Waals surface area contributed by atoms with Gasteiger partial charge in [0.2, 0.25) is 0 Å². The van der Waals surface area contributed by atoms with Crippen molar-refractivity contribution in [3.8, 4) is 11.8 Å². The van der Waals surface area contributed by atoms with E-state index in [0.717, 1.165) is 17.8 Å². The Morgan fingerprint density at radius 3 is 2.29 bits per heavy atom. The van der Waals surface area contributed by atoms with Gasteiger partial charge in [-0.05, 0) is 49.8 Å². The van der Waals surface area contributed by atoms with Gasteiger partial charge in [-0.1, -0.05) is 12.1 Å². The van der Waals surface area contributed by atoms with Crippen molar-refractivity contribution in [2.75, 3.05) is 0 Å². The molecule has 1 aromatic carbocycles. The lowest BCUT2D eigenvalue weighted by Gasteiger charge is -2.09. The van der Waals surface area contributed by atoms with Crippen LogP contribution in [0.15, 0.2) is 42.6 Å². The fourth-order valence-corrected chi connectivity index (χ4v) is 1.97. The molecule has 2 aromatic rings. The van der Waals surface area contributed by atoms with Crippen LogP contribution < -0.4 is 4.74 Å². The summed E-state index contributed by atoms with van der Waals surface area (Å²) in [6, 6.07) is 11.1. The summed E-state index contributed by atoms with van der Waals surface area (Å²) < 4.78 is 43.2. The van der Waals surface area contributed by atoms with Crippen LogP contribution in [0.4, 0.5) is 13.2 Å². The van der Waals surface area contributed by atoms with Crippen molar-refractivity contribution in [2.24, 2.45) is 0 Å². The highest BCUT2D eigenvalue weighted by molar-refractivity contribution is 5.88. The van der Waals surface area contributed by atoms with E-state index in [2.05, 4.69) is 4.98 Å². The number of hydrogen-bond donors (Lipinski definition) is 0. The van der Waals surface area contributed by atoms with Crippen molar-refractivity contribution in [1.82, 2.24) is 4.98 Å². The zero-order valence-electron chi connectivity index (χ0n) is 13.1. The van der Waals surface area contributed by atoms with Crippen LogP contribution in [-0.2, 0) is 6.18 Å². The van der Waals surface area contributed by atoms with Crippen LogP contribution in [0, 0.1) is 11.3 Å². The number of alkyl halides is 3. The van der Waals surface area contributed by atoms with Gasteiger partial charge in [0.15, 0.2) is 0 Å². The summed E-state index contributed by atoms with van der Waals surface area (Å²) >= 11 is 0. The predicted octanol–water partition coefficient (Wildman–Crippen LogP) is 4.95. The fraction of sp³-hybridized carbons (Fsp3) is 0.222. The quantitative estimate of drug-likeness (QED) is 0.744. The fourth-order valence-electron chi connectivity index (χ4n) is 1.97. The molecule has 0 fully saturated rings. The average Bonchev–Trinajstić information content (AvgIpc) is 2.53. The van der Waals surface area contributed by atoms with Gasteiger partial charge in [-0.3, -0.25) is 4.98 Å². The maximum atomic E-state index is 12.5. The Morgan fingerprint density at radius 1 is 1.17 bits per heavy atom. The SMILES string of the molecule is CC(C)Oc1ccc(C=C(C#N)c2ccc(C(F)(F)F)cn2)cc1. The topological polar surface area (TPSA) is 45.9 Å². The Bertz CT molecular complexity index is 755. The molecule has 24 heavy (non-hydrogen) atoms. The van der Waals surface area contributed by atoms with Crippen molar-refractivity contribution in [3.05, 3.63) is 59.4 Å². The van der Waals surface area contributed by atoms with Crippen molar-refractivity contribution < 1.29 is 17.9 Å². The Hall–Kier alpha value is -2.81. The van der Waals surface area contributed by atoms with E-state index in [-0.39, 0.29) is 17.4 Å². The normalized spacial score (nSPS) is 12.1. The van der Waals surface area contributed by atoms with Gasteiger partial charge >= 0.3 is 6.18 Å².